The molecule has 1 N–H and O–H groups in total. The maximum Gasteiger partial charge on any atom is 0.225 e. The summed E-state index contributed by atoms with van der Waals surface area (Å²) >= 11 is 3.39. The van der Waals surface area contributed by atoms with Gasteiger partial charge in [0, 0.05) is 22.9 Å². The van der Waals surface area contributed by atoms with Gasteiger partial charge in [0.05, 0.1) is 5.69 Å². The van der Waals surface area contributed by atoms with E-state index in [1.54, 1.807) is 0 Å². The van der Waals surface area contributed by atoms with Gasteiger partial charge in [0.2, 0.25) is 5.91 Å². The van der Waals surface area contributed by atoms with E-state index in [1.807, 2.05) is 54.6 Å². The maximum absolute atomic E-state index is 11.8. The molecule has 0 aromatic heterocycles. The van der Waals surface area contributed by atoms with E-state index in [0.717, 1.165) is 15.7 Å². The largest absolute Gasteiger partial charge is 0.325 e. The topological polar surface area (TPSA) is 29.1 Å². The number of benzene rings is 2. The number of halogens is 1. The number of carbonyl (C=O) groups is 1. The summed E-state index contributed by atoms with van der Waals surface area (Å²) < 4.78 is 0.878. The Balaban J connectivity index is 1.82. The van der Waals surface area contributed by atoms with Crippen LogP contribution in [0.15, 0.2) is 59.1 Å². The third-order valence-electron chi connectivity index (χ3n) is 2.63. The van der Waals surface area contributed by atoms with Gasteiger partial charge in [-0.15, -0.1) is 0 Å². The smallest absolute Gasteiger partial charge is 0.225 e. The van der Waals surface area contributed by atoms with Gasteiger partial charge in [-0.25, -0.2) is 0 Å². The first kappa shape index (κ1) is 14.4. The fourth-order valence-corrected chi connectivity index (χ4v) is 2.02. The molecule has 0 aliphatic rings. The fraction of sp³-hybridized carbons (Fsp3) is 0.118. The van der Waals surface area contributed by atoms with Gasteiger partial charge in [0.1, 0.15) is 0 Å². The molecule has 0 atom stereocenters. The van der Waals surface area contributed by atoms with Crippen LogP contribution < -0.4 is 5.32 Å². The van der Waals surface area contributed by atoms with Crippen molar-refractivity contribution in [3.63, 3.8) is 0 Å². The van der Waals surface area contributed by atoms with Crippen LogP contribution in [0.3, 0.4) is 0 Å². The summed E-state index contributed by atoms with van der Waals surface area (Å²) in [5.41, 5.74) is 1.76. The first-order chi connectivity index (χ1) is 9.75. The van der Waals surface area contributed by atoms with Crippen LogP contribution in [0.2, 0.25) is 0 Å². The molecule has 0 unspecified atom stereocenters. The highest BCUT2D eigenvalue weighted by molar-refractivity contribution is 9.10. The van der Waals surface area contributed by atoms with Crippen molar-refractivity contribution in [2.75, 3.05) is 5.32 Å². The molecule has 2 nitrogen and oxygen atoms in total. The second kappa shape index (κ2) is 7.52. The molecule has 1 amide bonds. The van der Waals surface area contributed by atoms with Crippen molar-refractivity contribution in [1.29, 1.82) is 0 Å². The second-order valence-electron chi connectivity index (χ2n) is 4.20. The molecule has 0 heterocycles. The van der Waals surface area contributed by atoms with Gasteiger partial charge in [-0.1, -0.05) is 42.2 Å². The minimum Gasteiger partial charge on any atom is -0.325 e. The Morgan fingerprint density at radius 1 is 1.05 bits per heavy atom. The summed E-state index contributed by atoms with van der Waals surface area (Å²) in [6, 6.07) is 17.3. The average Bonchev–Trinajstić information content (AvgIpc) is 2.47. The van der Waals surface area contributed by atoms with Crippen LogP contribution in [0, 0.1) is 11.8 Å². The zero-order valence-electron chi connectivity index (χ0n) is 10.9. The Morgan fingerprint density at radius 3 is 2.50 bits per heavy atom. The lowest BCUT2D eigenvalue weighted by atomic mass is 10.2. The Hall–Kier alpha value is -2.05. The van der Waals surface area contributed by atoms with Crippen molar-refractivity contribution >= 4 is 27.5 Å². The fourth-order valence-electron chi connectivity index (χ4n) is 1.64. The predicted octanol–water partition coefficient (Wildman–Crippen LogP) is 4.22. The van der Waals surface area contributed by atoms with Crippen LogP contribution in [0.1, 0.15) is 18.4 Å². The van der Waals surface area contributed by atoms with Crippen LogP contribution in [-0.2, 0) is 4.79 Å². The molecule has 0 radical (unpaired) electrons. The SMILES string of the molecule is O=C(CCC#Cc1ccccc1)Nc1ccccc1Br. The summed E-state index contributed by atoms with van der Waals surface area (Å²) in [4.78, 5) is 11.8. The highest BCUT2D eigenvalue weighted by Gasteiger charge is 2.03. The van der Waals surface area contributed by atoms with Crippen LogP contribution >= 0.6 is 15.9 Å². The number of nitrogens with one attached hydrogen (secondary N) is 1. The molecular formula is C17H14BrNO. The summed E-state index contributed by atoms with van der Waals surface area (Å²) in [5.74, 6) is 6.02. The van der Waals surface area contributed by atoms with Gasteiger partial charge in [0.15, 0.2) is 0 Å². The first-order valence-corrected chi connectivity index (χ1v) is 7.13. The Morgan fingerprint density at radius 2 is 1.75 bits per heavy atom. The molecular weight excluding hydrogens is 314 g/mol. The van der Waals surface area contributed by atoms with Gasteiger partial charge in [-0.2, -0.15) is 0 Å². The van der Waals surface area contributed by atoms with Crippen LogP contribution in [0.4, 0.5) is 5.69 Å². The van der Waals surface area contributed by atoms with Crippen molar-refractivity contribution in [3.05, 3.63) is 64.6 Å². The number of hydrogen-bond acceptors (Lipinski definition) is 1. The number of carbonyl (C=O) groups excluding carboxylic acids is 1. The zero-order chi connectivity index (χ0) is 14.2. The lowest BCUT2D eigenvalue weighted by Gasteiger charge is -2.05. The molecule has 0 spiro atoms. The number of amides is 1. The molecule has 2 aromatic rings. The third-order valence-corrected chi connectivity index (χ3v) is 3.32. The summed E-state index contributed by atoms with van der Waals surface area (Å²) in [5, 5.41) is 2.86. The predicted molar refractivity (Wildman–Crippen MR) is 85.3 cm³/mol. The van der Waals surface area contributed by atoms with Crippen molar-refractivity contribution in [2.24, 2.45) is 0 Å². The Kier molecular flexibility index (Phi) is 5.40. The van der Waals surface area contributed by atoms with Gasteiger partial charge >= 0.3 is 0 Å². The molecule has 3 heteroatoms. The second-order valence-corrected chi connectivity index (χ2v) is 5.05. The maximum atomic E-state index is 11.8. The standard InChI is InChI=1S/C17H14BrNO/c18-15-11-5-6-12-16(15)19-17(20)13-7-4-10-14-8-2-1-3-9-14/h1-3,5-6,8-9,11-12H,7,13H2,(H,19,20). The van der Waals surface area contributed by atoms with E-state index in [0.29, 0.717) is 12.8 Å². The number of hydrogen-bond donors (Lipinski definition) is 1. The van der Waals surface area contributed by atoms with E-state index in [9.17, 15) is 4.79 Å². The van der Waals surface area contributed by atoms with E-state index in [2.05, 4.69) is 33.1 Å². The van der Waals surface area contributed by atoms with Gasteiger partial charge < -0.3 is 5.32 Å². The summed E-state index contributed by atoms with van der Waals surface area (Å²) in [7, 11) is 0. The Bertz CT molecular complexity index is 641. The minimum atomic E-state index is -0.0285. The van der Waals surface area contributed by atoms with Gasteiger partial charge in [0.25, 0.3) is 0 Å². The molecule has 0 fully saturated rings. The van der Waals surface area contributed by atoms with E-state index in [4.69, 9.17) is 0 Å². The number of rotatable bonds is 3. The molecule has 0 aliphatic carbocycles. The van der Waals surface area contributed by atoms with E-state index < -0.39 is 0 Å². The van der Waals surface area contributed by atoms with Crippen LogP contribution in [0.25, 0.3) is 0 Å². The molecule has 0 aliphatic heterocycles. The highest BCUT2D eigenvalue weighted by atomic mass is 79.9. The number of para-hydroxylation sites is 1. The third kappa shape index (κ3) is 4.56. The van der Waals surface area contributed by atoms with Crippen molar-refractivity contribution in [3.8, 4) is 11.8 Å². The van der Waals surface area contributed by atoms with Crippen molar-refractivity contribution in [1.82, 2.24) is 0 Å². The molecule has 0 saturated heterocycles. The van der Waals surface area contributed by atoms with E-state index >= 15 is 0 Å². The normalized spacial score (nSPS) is 9.45. The molecule has 0 bridgehead atoms. The van der Waals surface area contributed by atoms with Crippen molar-refractivity contribution < 1.29 is 4.79 Å². The first-order valence-electron chi connectivity index (χ1n) is 6.34. The summed E-state index contributed by atoms with van der Waals surface area (Å²) in [6.45, 7) is 0. The van der Waals surface area contributed by atoms with Crippen LogP contribution in [-0.4, -0.2) is 5.91 Å². The lowest BCUT2D eigenvalue weighted by Crippen LogP contribution is -2.11. The number of anilines is 1. The molecule has 2 aromatic carbocycles. The quantitative estimate of drug-likeness (QED) is 0.840. The Labute approximate surface area is 127 Å². The molecule has 0 saturated carbocycles. The van der Waals surface area contributed by atoms with Crippen LogP contribution in [0.5, 0.6) is 0 Å². The highest BCUT2D eigenvalue weighted by Crippen LogP contribution is 2.21. The zero-order valence-corrected chi connectivity index (χ0v) is 12.5. The lowest BCUT2D eigenvalue weighted by molar-refractivity contribution is -0.116. The minimum absolute atomic E-state index is 0.0285. The summed E-state index contributed by atoms with van der Waals surface area (Å²) in [6.07, 6.45) is 0.937. The monoisotopic (exact) mass is 327 g/mol. The average molecular weight is 328 g/mol. The van der Waals surface area contributed by atoms with Gasteiger partial charge in [-0.3, -0.25) is 4.79 Å². The molecule has 20 heavy (non-hydrogen) atoms. The van der Waals surface area contributed by atoms with E-state index in [1.165, 1.54) is 0 Å². The van der Waals surface area contributed by atoms with E-state index in [-0.39, 0.29) is 5.91 Å². The molecule has 100 valence electrons. The molecule has 2 rings (SSSR count). The van der Waals surface area contributed by atoms with Gasteiger partial charge in [-0.05, 0) is 40.2 Å². The van der Waals surface area contributed by atoms with Crippen molar-refractivity contribution in [2.45, 2.75) is 12.8 Å².